The molecule has 0 amide bonds. The predicted octanol–water partition coefficient (Wildman–Crippen LogP) is 1.38. The molecular formula is C10H7NO3. The van der Waals surface area contributed by atoms with Gasteiger partial charge in [-0.05, 0) is 23.7 Å². The number of phenols is 1. The van der Waals surface area contributed by atoms with Gasteiger partial charge in [-0.25, -0.2) is 4.79 Å². The molecule has 0 atom stereocenters. The molecule has 0 fully saturated rings. The molecule has 0 spiro atoms. The van der Waals surface area contributed by atoms with Crippen LogP contribution < -0.4 is 0 Å². The standard InChI is InChI=1S/C10H7NO3/c11-6-8(10(13)14)5-7-1-3-9(12)4-2-7/h1-5,12H,(H,13,14)/b8-5+/i1D,2D,3D,4D,5D/hD2. The number of aliphatic carboxylic acids is 1. The summed E-state index contributed by atoms with van der Waals surface area (Å²) in [5, 5.41) is 16.4. The number of rotatable bonds is 3. The molecule has 4 heteroatoms. The van der Waals surface area contributed by atoms with Gasteiger partial charge in [-0.15, -0.1) is 0 Å². The van der Waals surface area contributed by atoms with E-state index in [0.717, 1.165) is 0 Å². The second kappa shape index (κ2) is 4.10. The van der Waals surface area contributed by atoms with Gasteiger partial charge in [0.25, 0.3) is 2.86 Å². The van der Waals surface area contributed by atoms with Crippen molar-refractivity contribution in [1.29, 1.82) is 8.12 Å². The fraction of sp³-hybridized carbons (Fsp3) is 0. The van der Waals surface area contributed by atoms with Crippen LogP contribution in [0.3, 0.4) is 0 Å². The fourth-order valence-electron chi connectivity index (χ4n) is 0.613. The highest BCUT2D eigenvalue weighted by Gasteiger charge is 2.04. The van der Waals surface area contributed by atoms with E-state index in [1.807, 2.05) is 0 Å². The third kappa shape index (κ3) is 2.35. The highest BCUT2D eigenvalue weighted by Crippen LogP contribution is 2.12. The quantitative estimate of drug-likeness (QED) is 0.565. The summed E-state index contributed by atoms with van der Waals surface area (Å²) in [7, 11) is 0. The van der Waals surface area contributed by atoms with Gasteiger partial charge >= 0.3 is 5.97 Å². The Labute approximate surface area is 90.4 Å². The molecule has 0 bridgehead atoms. The SMILES string of the molecule is [2H]OC(=O)/C(C#N)=C(\[2H])c1c([2H])c([2H])c(O[2H])c([2H])c1[2H]. The summed E-state index contributed by atoms with van der Waals surface area (Å²) in [6, 6.07) is -2.58. The van der Waals surface area contributed by atoms with Crippen LogP contribution in [0.4, 0.5) is 0 Å². The van der Waals surface area contributed by atoms with E-state index in [9.17, 15) is 4.79 Å². The molecule has 0 aliphatic heterocycles. The molecule has 1 rings (SSSR count). The number of hydrogen-bond donors (Lipinski definition) is 2. The van der Waals surface area contributed by atoms with Crippen LogP contribution in [0.25, 0.3) is 7.48 Å². The molecule has 1 aromatic carbocycles. The van der Waals surface area contributed by atoms with E-state index in [2.05, 4.69) is 10.2 Å². The summed E-state index contributed by atoms with van der Waals surface area (Å²) in [6.07, 6.45) is 0. The molecule has 0 heterocycles. The molecule has 0 aliphatic rings. The van der Waals surface area contributed by atoms with Gasteiger partial charge in [-0.2, -0.15) is 5.26 Å². The molecule has 0 unspecified atom stereocenters. The molecule has 70 valence electrons. The summed E-state index contributed by atoms with van der Waals surface area (Å²) in [5.74, 6) is -2.11. The number of carbonyl (C=O) groups is 1. The molecular weight excluding hydrogens is 182 g/mol. The summed E-state index contributed by atoms with van der Waals surface area (Å²) in [6.45, 7) is 0. The van der Waals surface area contributed by atoms with Gasteiger partial charge in [-0.1, -0.05) is 12.1 Å². The van der Waals surface area contributed by atoms with E-state index >= 15 is 0 Å². The van der Waals surface area contributed by atoms with Crippen LogP contribution in [0.15, 0.2) is 29.7 Å². The topological polar surface area (TPSA) is 81.3 Å². The van der Waals surface area contributed by atoms with Crippen molar-refractivity contribution in [2.45, 2.75) is 0 Å². The number of phenolic OH excluding ortho intramolecular Hbond substituents is 1. The smallest absolute Gasteiger partial charge is 0.346 e. The second-order valence-electron chi connectivity index (χ2n) is 2.10. The van der Waals surface area contributed by atoms with E-state index < -0.39 is 53.1 Å². The molecule has 0 saturated heterocycles. The van der Waals surface area contributed by atoms with E-state index in [1.165, 1.54) is 6.07 Å². The molecule has 14 heavy (non-hydrogen) atoms. The van der Waals surface area contributed by atoms with Crippen molar-refractivity contribution in [3.05, 3.63) is 35.3 Å². The highest BCUT2D eigenvalue weighted by atomic mass is 16.4. The van der Waals surface area contributed by atoms with E-state index in [0.29, 0.717) is 0 Å². The predicted molar refractivity (Wildman–Crippen MR) is 49.3 cm³/mol. The second-order valence-corrected chi connectivity index (χ2v) is 2.10. The Morgan fingerprint density at radius 3 is 2.86 bits per heavy atom. The van der Waals surface area contributed by atoms with Crippen molar-refractivity contribution in [2.24, 2.45) is 0 Å². The summed E-state index contributed by atoms with van der Waals surface area (Å²) in [5.41, 5.74) is -1.57. The van der Waals surface area contributed by atoms with E-state index in [4.69, 9.17) is 15.0 Å². The zero-order chi connectivity index (χ0) is 16.3. The fourth-order valence-corrected chi connectivity index (χ4v) is 0.613. The zero-order valence-corrected chi connectivity index (χ0v) is 6.67. The van der Waals surface area contributed by atoms with Crippen molar-refractivity contribution < 1.29 is 21.9 Å². The number of benzene rings is 1. The lowest BCUT2D eigenvalue weighted by Crippen LogP contribution is -1.97. The van der Waals surface area contributed by atoms with Crippen LogP contribution in [0.5, 0.6) is 5.75 Å². The Bertz CT molecular complexity index is 651. The van der Waals surface area contributed by atoms with Crippen LogP contribution in [0, 0.1) is 11.3 Å². The van der Waals surface area contributed by atoms with Crippen LogP contribution in [-0.4, -0.2) is 17.6 Å². The third-order valence-corrected chi connectivity index (χ3v) is 1.17. The molecule has 4 nitrogen and oxygen atoms in total. The largest absolute Gasteiger partial charge is 0.508 e. The number of hydrogen-bond acceptors (Lipinski definition) is 4. The van der Waals surface area contributed by atoms with Gasteiger partial charge in [0.05, 0.1) is 6.85 Å². The first-order chi connectivity index (χ1) is 9.81. The van der Waals surface area contributed by atoms with Crippen molar-refractivity contribution in [2.75, 3.05) is 0 Å². The van der Waals surface area contributed by atoms with Gasteiger partial charge in [0.2, 0.25) is 0 Å². The van der Waals surface area contributed by atoms with Crippen molar-refractivity contribution in [3.8, 4) is 11.8 Å². The molecule has 1 aromatic rings. The molecule has 2 N–H and O–H groups in total. The van der Waals surface area contributed by atoms with Crippen LogP contribution in [0.2, 0.25) is 0 Å². The van der Waals surface area contributed by atoms with Crippen LogP contribution >= 0.6 is 0 Å². The van der Waals surface area contributed by atoms with E-state index in [1.54, 1.807) is 0 Å². The number of carboxylic acids is 1. The number of nitriles is 1. The summed E-state index contributed by atoms with van der Waals surface area (Å²) < 4.78 is 51.2. The minimum Gasteiger partial charge on any atom is -0.508 e. The van der Waals surface area contributed by atoms with Crippen molar-refractivity contribution in [1.82, 2.24) is 0 Å². The summed E-state index contributed by atoms with van der Waals surface area (Å²) >= 11 is 0. The normalized spacial score (nSPS) is 17.8. The summed E-state index contributed by atoms with van der Waals surface area (Å²) in [4.78, 5) is 11.2. The van der Waals surface area contributed by atoms with Gasteiger partial charge in [0.15, 0.2) is 0 Å². The van der Waals surface area contributed by atoms with Gasteiger partial charge < -0.3 is 10.2 Å². The average Bonchev–Trinajstić information content (AvgIpc) is 2.46. The van der Waals surface area contributed by atoms with Crippen molar-refractivity contribution in [3.63, 3.8) is 0 Å². The molecule has 0 aliphatic carbocycles. The molecule has 0 saturated carbocycles. The number of aromatic hydroxyl groups is 1. The zero-order valence-electron chi connectivity index (χ0n) is 13.7. The first-order valence-electron chi connectivity index (χ1n) is 6.65. The maximum Gasteiger partial charge on any atom is 0.346 e. The van der Waals surface area contributed by atoms with E-state index in [-0.39, 0.29) is 0 Å². The van der Waals surface area contributed by atoms with Gasteiger partial charge in [0, 0.05) is 0 Å². The molecule has 0 aromatic heterocycles. The Morgan fingerprint density at radius 2 is 2.36 bits per heavy atom. The van der Waals surface area contributed by atoms with Crippen LogP contribution in [-0.2, 0) is 4.79 Å². The Hall–Kier alpha value is -2.28. The lowest BCUT2D eigenvalue weighted by molar-refractivity contribution is -0.132. The lowest BCUT2D eigenvalue weighted by atomic mass is 10.1. The molecule has 0 radical (unpaired) electrons. The Morgan fingerprint density at radius 1 is 1.64 bits per heavy atom. The van der Waals surface area contributed by atoms with Gasteiger partial charge in [0.1, 0.15) is 17.4 Å². The first kappa shape index (κ1) is 3.84. The van der Waals surface area contributed by atoms with Crippen LogP contribution in [0.1, 0.15) is 12.4 Å². The average molecular weight is 196 g/mol. The Kier molecular flexibility index (Phi) is 1.13. The lowest BCUT2D eigenvalue weighted by Gasteiger charge is -1.94. The maximum atomic E-state index is 11.2. The monoisotopic (exact) mass is 196 g/mol. The highest BCUT2D eigenvalue weighted by molar-refractivity contribution is 5.96. The minimum absolute atomic E-state index is 0.632. The maximum absolute atomic E-state index is 11.2. The Balaban J connectivity index is 3.78. The third-order valence-electron chi connectivity index (χ3n) is 1.17. The first-order valence-corrected chi connectivity index (χ1v) is 3.34. The number of carboxylic acid groups (broad SMARTS) is 1. The van der Waals surface area contributed by atoms with Gasteiger partial charge in [-0.3, -0.25) is 0 Å². The number of nitrogens with zero attached hydrogens (tertiary/aromatic N) is 1. The van der Waals surface area contributed by atoms with Crippen molar-refractivity contribution >= 4 is 12.0 Å². The minimum atomic E-state index is -1.46.